The van der Waals surface area contributed by atoms with Gasteiger partial charge in [-0.3, -0.25) is 0 Å². The first kappa shape index (κ1) is 40.7. The Kier molecular flexibility index (Phi) is 13.2. The molecule has 300 valence electrons. The Morgan fingerprint density at radius 1 is 0.586 bits per heavy atom. The number of hydrogen-bond donors (Lipinski definition) is 0. The van der Waals surface area contributed by atoms with Gasteiger partial charge in [-0.05, 0) is 84.7 Å². The standard InChI is InChI=1S/C47H48O9P2/c1-7-17-31(3)40-27-36(49-5)29-42(45(40)54-57(51-34-20-11-9-12-21-34)52-35-22-13-10-14-23-35)43-30-37(50-6)28-41(32(4)18-8-2)46(43)55-58-53-44-38-24-16-15-19-33(38)25-26-39(44)47(48)56-58/h9-16,19-32H,7-8,17-18H2,1-6H3/t31-,32?,58?/m1/s1. The third-order valence-electron chi connectivity index (χ3n) is 10.0. The van der Waals surface area contributed by atoms with E-state index in [1.807, 2.05) is 115 Å². The van der Waals surface area contributed by atoms with Gasteiger partial charge >= 0.3 is 23.2 Å². The summed E-state index contributed by atoms with van der Waals surface area (Å²) in [6, 6.07) is 38.2. The molecule has 2 unspecified atom stereocenters. The molecule has 0 saturated carbocycles. The van der Waals surface area contributed by atoms with Crippen molar-refractivity contribution in [1.82, 2.24) is 0 Å². The maximum atomic E-state index is 13.6. The van der Waals surface area contributed by atoms with Crippen LogP contribution in [0, 0.1) is 0 Å². The summed E-state index contributed by atoms with van der Waals surface area (Å²) in [7, 11) is -1.04. The summed E-state index contributed by atoms with van der Waals surface area (Å²) in [5.41, 5.74) is 3.40. The summed E-state index contributed by atoms with van der Waals surface area (Å²) < 4.78 is 51.3. The first-order valence-corrected chi connectivity index (χ1v) is 21.8. The van der Waals surface area contributed by atoms with E-state index in [1.165, 1.54) is 0 Å². The minimum absolute atomic E-state index is 0.0193. The zero-order valence-electron chi connectivity index (χ0n) is 33.6. The Morgan fingerprint density at radius 2 is 1.12 bits per heavy atom. The van der Waals surface area contributed by atoms with Gasteiger partial charge in [0.2, 0.25) is 0 Å². The van der Waals surface area contributed by atoms with Gasteiger partial charge in [0.15, 0.2) is 5.75 Å². The van der Waals surface area contributed by atoms with E-state index in [0.717, 1.165) is 47.6 Å². The molecule has 0 N–H and O–H groups in total. The van der Waals surface area contributed by atoms with E-state index in [1.54, 1.807) is 20.3 Å². The van der Waals surface area contributed by atoms with Crippen LogP contribution in [-0.2, 0) is 4.52 Å². The molecule has 0 saturated heterocycles. The summed E-state index contributed by atoms with van der Waals surface area (Å²) in [4.78, 5) is 13.6. The minimum Gasteiger partial charge on any atom is -0.497 e. The molecule has 0 bridgehead atoms. The Hall–Kier alpha value is -5.49. The fourth-order valence-corrected chi connectivity index (χ4v) is 9.18. The lowest BCUT2D eigenvalue weighted by Gasteiger charge is -2.28. The summed E-state index contributed by atoms with van der Waals surface area (Å²) in [5, 5.41) is 1.73. The minimum atomic E-state index is -2.26. The van der Waals surface area contributed by atoms with Gasteiger partial charge < -0.3 is 36.6 Å². The third kappa shape index (κ3) is 9.12. The second-order valence-corrected chi connectivity index (χ2v) is 16.1. The Bertz CT molecular complexity index is 2300. The number of rotatable bonds is 17. The van der Waals surface area contributed by atoms with Crippen LogP contribution in [0.3, 0.4) is 0 Å². The highest BCUT2D eigenvalue weighted by Crippen LogP contribution is 2.57. The van der Waals surface area contributed by atoms with E-state index in [0.29, 0.717) is 56.9 Å². The number of carbonyl (C=O) groups is 1. The molecule has 0 amide bonds. The number of ether oxygens (including phenoxy) is 2. The first-order chi connectivity index (χ1) is 28.3. The molecule has 1 heterocycles. The van der Waals surface area contributed by atoms with Crippen molar-refractivity contribution in [2.24, 2.45) is 0 Å². The SMILES string of the molecule is CCCC(C)c1cc(OC)cc(-c2cc(OC)cc([C@H](C)CCC)c2OP(Oc2ccccc2)Oc2ccccc2)c1OP1OC(=O)c2ccc3ccccc3c2O1. The molecule has 11 heteroatoms. The largest absolute Gasteiger partial charge is 0.532 e. The first-order valence-electron chi connectivity index (χ1n) is 19.6. The van der Waals surface area contributed by atoms with Gasteiger partial charge in [0, 0.05) is 27.6 Å². The average molecular weight is 819 g/mol. The van der Waals surface area contributed by atoms with Crippen molar-refractivity contribution in [3.63, 3.8) is 0 Å². The van der Waals surface area contributed by atoms with Crippen LogP contribution in [0.4, 0.5) is 0 Å². The van der Waals surface area contributed by atoms with Crippen molar-refractivity contribution in [1.29, 1.82) is 0 Å². The lowest BCUT2D eigenvalue weighted by Crippen LogP contribution is -2.16. The molecule has 1 aliphatic rings. The number of fused-ring (bicyclic) bond motifs is 3. The predicted octanol–water partition coefficient (Wildman–Crippen LogP) is 13.9. The van der Waals surface area contributed by atoms with Crippen molar-refractivity contribution in [2.75, 3.05) is 14.2 Å². The molecule has 0 radical (unpaired) electrons. The van der Waals surface area contributed by atoms with Crippen LogP contribution in [0.1, 0.15) is 86.7 Å². The van der Waals surface area contributed by atoms with E-state index in [-0.39, 0.29) is 11.8 Å². The smallest absolute Gasteiger partial charge is 0.497 e. The van der Waals surface area contributed by atoms with Crippen LogP contribution >= 0.6 is 17.2 Å². The van der Waals surface area contributed by atoms with Crippen molar-refractivity contribution in [3.05, 3.63) is 138 Å². The molecule has 3 atom stereocenters. The Labute approximate surface area is 343 Å². The van der Waals surface area contributed by atoms with Crippen LogP contribution in [0.5, 0.6) is 40.2 Å². The molecule has 58 heavy (non-hydrogen) atoms. The molecule has 6 aromatic carbocycles. The van der Waals surface area contributed by atoms with Gasteiger partial charge in [0.25, 0.3) is 0 Å². The molecule has 0 spiro atoms. The fourth-order valence-electron chi connectivity index (χ4n) is 7.09. The molecule has 0 aliphatic carbocycles. The van der Waals surface area contributed by atoms with Crippen LogP contribution < -0.4 is 32.1 Å². The molecule has 1 aliphatic heterocycles. The average Bonchev–Trinajstić information content (AvgIpc) is 3.24. The van der Waals surface area contributed by atoms with Gasteiger partial charge in [-0.15, -0.1) is 0 Å². The summed E-state index contributed by atoms with van der Waals surface area (Å²) in [5.74, 6) is 3.43. The molecular formula is C47H48O9P2. The van der Waals surface area contributed by atoms with E-state index >= 15 is 0 Å². The van der Waals surface area contributed by atoms with Gasteiger partial charge in [-0.1, -0.05) is 107 Å². The van der Waals surface area contributed by atoms with Crippen molar-refractivity contribution >= 4 is 33.9 Å². The molecule has 9 nitrogen and oxygen atoms in total. The van der Waals surface area contributed by atoms with Crippen molar-refractivity contribution < 1.29 is 41.4 Å². The lowest BCUT2D eigenvalue weighted by molar-refractivity contribution is 0.0698. The van der Waals surface area contributed by atoms with Gasteiger partial charge in [0.05, 0.1) is 14.2 Å². The highest BCUT2D eigenvalue weighted by atomic mass is 31.2. The normalized spacial score (nSPS) is 14.5. The number of carbonyl (C=O) groups excluding carboxylic acids is 1. The number of benzene rings is 6. The molecule has 6 aromatic rings. The molecule has 7 rings (SSSR count). The maximum absolute atomic E-state index is 13.6. The number of para-hydroxylation sites is 2. The van der Waals surface area contributed by atoms with E-state index in [4.69, 9.17) is 36.6 Å². The van der Waals surface area contributed by atoms with E-state index in [2.05, 4.69) is 27.7 Å². The molecular weight excluding hydrogens is 770 g/mol. The van der Waals surface area contributed by atoms with Crippen LogP contribution in [0.25, 0.3) is 21.9 Å². The topological polar surface area (TPSA) is 90.9 Å². The Balaban J connectivity index is 1.42. The number of methoxy groups -OCH3 is 2. The second kappa shape index (κ2) is 18.8. The van der Waals surface area contributed by atoms with Gasteiger partial charge in [-0.25, -0.2) is 4.79 Å². The fraction of sp³-hybridized carbons (Fsp3) is 0.255. The third-order valence-corrected chi connectivity index (χ3v) is 12.1. The quantitative estimate of drug-likeness (QED) is 0.0834. The zero-order valence-corrected chi connectivity index (χ0v) is 35.4. The summed E-state index contributed by atoms with van der Waals surface area (Å²) in [6.07, 6.45) is 3.61. The lowest BCUT2D eigenvalue weighted by atomic mass is 9.88. The van der Waals surface area contributed by atoms with Gasteiger partial charge in [0.1, 0.15) is 40.1 Å². The number of hydrogen-bond acceptors (Lipinski definition) is 9. The second-order valence-electron chi connectivity index (χ2n) is 14.1. The maximum Gasteiger partial charge on any atom is 0.532 e. The molecule has 0 aromatic heterocycles. The monoisotopic (exact) mass is 818 g/mol. The van der Waals surface area contributed by atoms with Crippen molar-refractivity contribution in [2.45, 2.75) is 65.2 Å². The van der Waals surface area contributed by atoms with E-state index < -0.39 is 23.2 Å². The van der Waals surface area contributed by atoms with Crippen molar-refractivity contribution in [3.8, 4) is 51.4 Å². The highest BCUT2D eigenvalue weighted by molar-refractivity contribution is 7.43. The zero-order chi connectivity index (χ0) is 40.6. The highest BCUT2D eigenvalue weighted by Gasteiger charge is 2.37. The summed E-state index contributed by atoms with van der Waals surface area (Å²) >= 11 is 0. The van der Waals surface area contributed by atoms with Crippen LogP contribution in [-0.4, -0.2) is 20.2 Å². The summed E-state index contributed by atoms with van der Waals surface area (Å²) in [6.45, 7) is 8.63. The van der Waals surface area contributed by atoms with E-state index in [9.17, 15) is 4.79 Å². The molecule has 0 fully saturated rings. The van der Waals surface area contributed by atoms with Crippen LogP contribution in [0.2, 0.25) is 0 Å². The van der Waals surface area contributed by atoms with Gasteiger partial charge in [-0.2, -0.15) is 0 Å². The predicted molar refractivity (Wildman–Crippen MR) is 231 cm³/mol. The Morgan fingerprint density at radius 3 is 1.69 bits per heavy atom. The van der Waals surface area contributed by atoms with Crippen LogP contribution in [0.15, 0.2) is 121 Å².